The first kappa shape index (κ1) is 30.6. The molecular formula is C14H25N2Na2O3P. The molecule has 0 bridgehead atoms. The van der Waals surface area contributed by atoms with E-state index in [1.807, 2.05) is 34.6 Å². The zero-order valence-electron chi connectivity index (χ0n) is 14.0. The maximum Gasteiger partial charge on any atom is 1.00 e. The summed E-state index contributed by atoms with van der Waals surface area (Å²) in [6.07, 6.45) is 12.1. The summed E-state index contributed by atoms with van der Waals surface area (Å²) in [6.45, 7) is 16.9. The van der Waals surface area contributed by atoms with Gasteiger partial charge in [-0.2, -0.15) is 0 Å². The van der Waals surface area contributed by atoms with E-state index >= 15 is 0 Å². The molecule has 0 saturated heterocycles. The number of rotatable bonds is 11. The van der Waals surface area contributed by atoms with Crippen LogP contribution in [0, 0.1) is 0 Å². The third kappa shape index (κ3) is 25.7. The van der Waals surface area contributed by atoms with Gasteiger partial charge in [0.2, 0.25) is 0 Å². The average Bonchev–Trinajstić information content (AvgIpc) is 2.42. The van der Waals surface area contributed by atoms with Gasteiger partial charge in [0.1, 0.15) is 0 Å². The predicted octanol–water partition coefficient (Wildman–Crippen LogP) is -4.17. The Morgan fingerprint density at radius 1 is 0.727 bits per heavy atom. The van der Waals surface area contributed by atoms with Gasteiger partial charge >= 0.3 is 59.1 Å². The van der Waals surface area contributed by atoms with Crippen LogP contribution in [-0.2, 0) is 4.57 Å². The third-order valence-corrected chi connectivity index (χ3v) is 2.52. The van der Waals surface area contributed by atoms with Crippen molar-refractivity contribution in [1.29, 1.82) is 0 Å². The SMILES string of the molecule is C=CN(C=C)CCCCCCN(C=C)C=C.O=[PH]([O-])[O-].[Na+].[Na+]. The molecule has 0 saturated carbocycles. The zero-order chi connectivity index (χ0) is 15.8. The summed E-state index contributed by atoms with van der Waals surface area (Å²) >= 11 is 0. The van der Waals surface area contributed by atoms with Crippen LogP contribution < -0.4 is 68.9 Å². The third-order valence-electron chi connectivity index (χ3n) is 2.52. The van der Waals surface area contributed by atoms with Crippen molar-refractivity contribution in [2.45, 2.75) is 25.7 Å². The topological polar surface area (TPSA) is 69.7 Å². The van der Waals surface area contributed by atoms with E-state index in [9.17, 15) is 0 Å². The van der Waals surface area contributed by atoms with Crippen molar-refractivity contribution in [1.82, 2.24) is 9.80 Å². The first-order valence-corrected chi connectivity index (χ1v) is 7.64. The summed E-state index contributed by atoms with van der Waals surface area (Å²) in [5.74, 6) is 0. The Labute approximate surface area is 180 Å². The standard InChI is InChI=1S/C14H24N2.2Na.H3O3P/c1-5-15(6-2)13-11-9-10-12-14-16(7-3)8-4;;;1-4(2)3/h5-8H,1-4,9-14H2;;;4H,(H2,1,2,3)/q;2*+1;/p-2. The average molecular weight is 346 g/mol. The quantitative estimate of drug-likeness (QED) is 0.216. The van der Waals surface area contributed by atoms with Crippen molar-refractivity contribution in [2.75, 3.05) is 13.1 Å². The molecule has 0 amide bonds. The summed E-state index contributed by atoms with van der Waals surface area (Å²) in [5, 5.41) is 0. The minimum absolute atomic E-state index is 0. The van der Waals surface area contributed by atoms with E-state index in [2.05, 4.69) is 26.3 Å². The van der Waals surface area contributed by atoms with Crippen LogP contribution in [0.4, 0.5) is 0 Å². The Balaban J connectivity index is -0.000000240. The van der Waals surface area contributed by atoms with Crippen LogP contribution in [0.3, 0.4) is 0 Å². The monoisotopic (exact) mass is 346 g/mol. The molecule has 0 aromatic heterocycles. The van der Waals surface area contributed by atoms with E-state index in [-0.39, 0.29) is 59.1 Å². The van der Waals surface area contributed by atoms with Crippen LogP contribution in [0.15, 0.2) is 51.1 Å². The number of hydrogen-bond donors (Lipinski definition) is 0. The van der Waals surface area contributed by atoms with Crippen molar-refractivity contribution >= 4 is 8.25 Å². The maximum absolute atomic E-state index is 8.52. The second-order valence-electron chi connectivity index (χ2n) is 3.87. The van der Waals surface area contributed by atoms with Gasteiger partial charge in [0.05, 0.1) is 0 Å². The summed E-state index contributed by atoms with van der Waals surface area (Å²) in [4.78, 5) is 21.1. The Morgan fingerprint density at radius 2 is 0.955 bits per heavy atom. The van der Waals surface area contributed by atoms with E-state index in [0.29, 0.717) is 0 Å². The number of hydrogen-bond acceptors (Lipinski definition) is 5. The van der Waals surface area contributed by atoms with Gasteiger partial charge in [-0.1, -0.05) is 47.4 Å². The molecule has 5 nitrogen and oxygen atoms in total. The first-order valence-electron chi connectivity index (χ1n) is 6.41. The van der Waals surface area contributed by atoms with Gasteiger partial charge in [-0.15, -0.1) is 0 Å². The summed E-state index contributed by atoms with van der Waals surface area (Å²) in [6, 6.07) is 0. The van der Waals surface area contributed by atoms with E-state index in [1.54, 1.807) is 0 Å². The van der Waals surface area contributed by atoms with Crippen LogP contribution in [0.1, 0.15) is 25.7 Å². The molecule has 0 aromatic carbocycles. The Hall–Kier alpha value is 0.710. The van der Waals surface area contributed by atoms with Crippen LogP contribution in [0.25, 0.3) is 0 Å². The molecule has 0 aliphatic carbocycles. The van der Waals surface area contributed by atoms with E-state index in [0.717, 1.165) is 13.1 Å². The fraction of sp³-hybridized carbons (Fsp3) is 0.429. The normalized spacial score (nSPS) is 8.32. The number of unbranched alkanes of at least 4 members (excludes halogenated alkanes) is 3. The van der Waals surface area contributed by atoms with E-state index in [4.69, 9.17) is 14.4 Å². The summed E-state index contributed by atoms with van der Waals surface area (Å²) in [7, 11) is -3.63. The molecule has 22 heavy (non-hydrogen) atoms. The van der Waals surface area contributed by atoms with Gasteiger partial charge in [-0.25, -0.2) is 0 Å². The minimum atomic E-state index is -3.63. The zero-order valence-corrected chi connectivity index (χ0v) is 19.0. The summed E-state index contributed by atoms with van der Waals surface area (Å²) < 4.78 is 8.52. The molecule has 0 aromatic rings. The van der Waals surface area contributed by atoms with Crippen LogP contribution in [0.5, 0.6) is 0 Å². The van der Waals surface area contributed by atoms with Gasteiger partial charge in [0.15, 0.2) is 0 Å². The molecule has 0 heterocycles. The van der Waals surface area contributed by atoms with Gasteiger partial charge in [0.25, 0.3) is 0 Å². The van der Waals surface area contributed by atoms with Crippen molar-refractivity contribution in [2.24, 2.45) is 0 Å². The fourth-order valence-electron chi connectivity index (χ4n) is 1.46. The molecule has 0 unspecified atom stereocenters. The van der Waals surface area contributed by atoms with Crippen molar-refractivity contribution in [3.8, 4) is 0 Å². The molecule has 0 aliphatic rings. The van der Waals surface area contributed by atoms with Gasteiger partial charge in [0, 0.05) is 13.1 Å². The Morgan fingerprint density at radius 3 is 1.14 bits per heavy atom. The minimum Gasteiger partial charge on any atom is -0.813 e. The second kappa shape index (κ2) is 24.0. The van der Waals surface area contributed by atoms with E-state index in [1.165, 1.54) is 25.7 Å². The predicted molar refractivity (Wildman–Crippen MR) is 81.7 cm³/mol. The van der Waals surface area contributed by atoms with Crippen molar-refractivity contribution in [3.05, 3.63) is 51.1 Å². The molecule has 116 valence electrons. The largest absolute Gasteiger partial charge is 1.00 e. The van der Waals surface area contributed by atoms with Crippen molar-refractivity contribution in [3.63, 3.8) is 0 Å². The molecule has 0 N–H and O–H groups in total. The van der Waals surface area contributed by atoms with Gasteiger partial charge in [-0.05, 0) is 37.6 Å². The van der Waals surface area contributed by atoms with E-state index < -0.39 is 8.25 Å². The molecule has 0 fully saturated rings. The number of nitrogens with zero attached hydrogens (tertiary/aromatic N) is 2. The molecule has 0 atom stereocenters. The fourth-order valence-corrected chi connectivity index (χ4v) is 1.46. The van der Waals surface area contributed by atoms with Crippen LogP contribution in [0.2, 0.25) is 0 Å². The molecule has 0 rings (SSSR count). The first-order chi connectivity index (χ1) is 9.51. The van der Waals surface area contributed by atoms with Crippen molar-refractivity contribution < 1.29 is 73.5 Å². The Bertz CT molecular complexity index is 274. The maximum atomic E-state index is 8.52. The molecule has 0 spiro atoms. The Kier molecular flexibility index (Phi) is 33.3. The summed E-state index contributed by atoms with van der Waals surface area (Å²) in [5.41, 5.74) is 0. The second-order valence-corrected chi connectivity index (χ2v) is 4.37. The van der Waals surface area contributed by atoms with Crippen LogP contribution >= 0.6 is 8.25 Å². The van der Waals surface area contributed by atoms with Gasteiger partial charge in [-0.3, -0.25) is 0 Å². The smallest absolute Gasteiger partial charge is 0.813 e. The molecule has 8 heteroatoms. The van der Waals surface area contributed by atoms with Crippen LogP contribution in [-0.4, -0.2) is 22.9 Å². The molecular weight excluding hydrogens is 321 g/mol. The van der Waals surface area contributed by atoms with Gasteiger partial charge < -0.3 is 24.2 Å². The molecule has 0 radical (unpaired) electrons. The molecule has 0 aliphatic heterocycles.